The predicted octanol–water partition coefficient (Wildman–Crippen LogP) is 5.09. The summed E-state index contributed by atoms with van der Waals surface area (Å²) in [4.78, 5) is 12.2. The van der Waals surface area contributed by atoms with Crippen LogP contribution in [0.25, 0.3) is 5.69 Å². The first-order chi connectivity index (χ1) is 12.2. The quantitative estimate of drug-likeness (QED) is 0.693. The van der Waals surface area contributed by atoms with Crippen LogP contribution in [0.3, 0.4) is 0 Å². The topological polar surface area (TPSA) is 56.1 Å². The van der Waals surface area contributed by atoms with E-state index in [9.17, 15) is 4.79 Å². The first-order valence-corrected chi connectivity index (χ1v) is 8.42. The van der Waals surface area contributed by atoms with E-state index in [1.54, 1.807) is 35.1 Å². The van der Waals surface area contributed by atoms with Crippen LogP contribution in [0.2, 0.25) is 5.02 Å². The van der Waals surface area contributed by atoms with Crippen molar-refractivity contribution in [2.45, 2.75) is 19.8 Å². The van der Waals surface area contributed by atoms with Crippen molar-refractivity contribution in [1.29, 1.82) is 0 Å². The van der Waals surface area contributed by atoms with Gasteiger partial charge in [0.15, 0.2) is 5.75 Å². The zero-order valence-electron chi connectivity index (χ0n) is 13.8. The summed E-state index contributed by atoms with van der Waals surface area (Å²) in [5.41, 5.74) is 2.27. The summed E-state index contributed by atoms with van der Waals surface area (Å²) in [5, 5.41) is 7.47. The molecule has 0 saturated heterocycles. The van der Waals surface area contributed by atoms with E-state index < -0.39 is 6.09 Å². The molecule has 6 heteroatoms. The molecule has 3 aromatic rings. The van der Waals surface area contributed by atoms with E-state index in [4.69, 9.17) is 16.3 Å². The summed E-state index contributed by atoms with van der Waals surface area (Å²) in [7, 11) is 0. The van der Waals surface area contributed by atoms with Gasteiger partial charge in [-0.3, -0.25) is 5.32 Å². The van der Waals surface area contributed by atoms with Gasteiger partial charge in [0.05, 0.1) is 28.3 Å². The van der Waals surface area contributed by atoms with Crippen molar-refractivity contribution in [3.8, 4) is 11.4 Å². The van der Waals surface area contributed by atoms with Crippen LogP contribution >= 0.6 is 11.6 Å². The molecule has 0 unspecified atom stereocenters. The SMILES string of the molecule is CCCc1c(OC(=O)Nc2ccccc2Cl)cnn1-c1ccccc1. The minimum absolute atomic E-state index is 0.440. The number of hydrogen-bond acceptors (Lipinski definition) is 3. The molecule has 0 fully saturated rings. The molecule has 0 saturated carbocycles. The van der Waals surface area contributed by atoms with E-state index in [2.05, 4.69) is 17.3 Å². The Labute approximate surface area is 151 Å². The standard InChI is InChI=1S/C19H18ClN3O2/c1-2-8-17-18(13-21-23(17)14-9-4-3-5-10-14)25-19(24)22-16-12-7-6-11-15(16)20/h3-7,9-13H,2,8H2,1H3,(H,22,24). The number of carbonyl (C=O) groups is 1. The highest BCUT2D eigenvalue weighted by Crippen LogP contribution is 2.25. The van der Waals surface area contributed by atoms with Crippen LogP contribution in [-0.2, 0) is 6.42 Å². The average Bonchev–Trinajstić information content (AvgIpc) is 3.00. The second-order valence-electron chi connectivity index (χ2n) is 5.45. The van der Waals surface area contributed by atoms with E-state index >= 15 is 0 Å². The van der Waals surface area contributed by atoms with Crippen molar-refractivity contribution in [3.63, 3.8) is 0 Å². The van der Waals surface area contributed by atoms with Gasteiger partial charge in [-0.25, -0.2) is 9.48 Å². The molecule has 0 aliphatic heterocycles. The minimum atomic E-state index is -0.599. The fraction of sp³-hybridized carbons (Fsp3) is 0.158. The highest BCUT2D eigenvalue weighted by molar-refractivity contribution is 6.33. The van der Waals surface area contributed by atoms with Gasteiger partial charge in [-0.1, -0.05) is 55.3 Å². The number of anilines is 1. The molecule has 0 aliphatic carbocycles. The van der Waals surface area contributed by atoms with E-state index in [0.717, 1.165) is 24.2 Å². The highest BCUT2D eigenvalue weighted by Gasteiger charge is 2.16. The van der Waals surface area contributed by atoms with Crippen molar-refractivity contribution in [2.75, 3.05) is 5.32 Å². The molecule has 1 amide bonds. The third-order valence-corrected chi connectivity index (χ3v) is 3.96. The third kappa shape index (κ3) is 4.00. The van der Waals surface area contributed by atoms with Crippen LogP contribution in [0.4, 0.5) is 10.5 Å². The van der Waals surface area contributed by atoms with Crippen LogP contribution in [0.15, 0.2) is 60.8 Å². The Hall–Kier alpha value is -2.79. The van der Waals surface area contributed by atoms with Crippen molar-refractivity contribution >= 4 is 23.4 Å². The van der Waals surface area contributed by atoms with E-state index in [-0.39, 0.29) is 0 Å². The lowest BCUT2D eigenvalue weighted by Gasteiger charge is -2.10. The molecule has 1 N–H and O–H groups in total. The molecule has 0 spiro atoms. The summed E-state index contributed by atoms with van der Waals surface area (Å²) < 4.78 is 7.26. The Balaban J connectivity index is 1.81. The van der Waals surface area contributed by atoms with Crippen molar-refractivity contribution in [3.05, 3.63) is 71.5 Å². The molecule has 5 nitrogen and oxygen atoms in total. The van der Waals surface area contributed by atoms with E-state index in [0.29, 0.717) is 16.5 Å². The largest absolute Gasteiger partial charge is 0.417 e. The van der Waals surface area contributed by atoms with E-state index in [1.807, 2.05) is 30.3 Å². The number of benzene rings is 2. The van der Waals surface area contributed by atoms with Crippen molar-refractivity contribution in [2.24, 2.45) is 0 Å². The maximum atomic E-state index is 12.2. The maximum absolute atomic E-state index is 12.2. The van der Waals surface area contributed by atoms with Gasteiger partial charge < -0.3 is 4.74 Å². The molecule has 0 radical (unpaired) electrons. The van der Waals surface area contributed by atoms with Gasteiger partial charge in [-0.15, -0.1) is 0 Å². The average molecular weight is 356 g/mol. The van der Waals surface area contributed by atoms with Gasteiger partial charge in [0.1, 0.15) is 0 Å². The number of aromatic nitrogens is 2. The number of nitrogens with zero attached hydrogens (tertiary/aromatic N) is 2. The Morgan fingerprint density at radius 1 is 1.16 bits per heavy atom. The molecule has 1 aromatic heterocycles. The highest BCUT2D eigenvalue weighted by atomic mass is 35.5. The number of halogens is 1. The van der Waals surface area contributed by atoms with Gasteiger partial charge in [0, 0.05) is 0 Å². The summed E-state index contributed by atoms with van der Waals surface area (Å²) >= 11 is 6.05. The summed E-state index contributed by atoms with van der Waals surface area (Å²) in [6.45, 7) is 2.07. The lowest BCUT2D eigenvalue weighted by atomic mass is 10.2. The molecule has 0 atom stereocenters. The van der Waals surface area contributed by atoms with Crippen LogP contribution in [0, 0.1) is 0 Å². The summed E-state index contributed by atoms with van der Waals surface area (Å²) in [6, 6.07) is 16.7. The van der Waals surface area contributed by atoms with Crippen LogP contribution in [0.5, 0.6) is 5.75 Å². The number of hydrogen-bond donors (Lipinski definition) is 1. The van der Waals surface area contributed by atoms with Gasteiger partial charge in [-0.2, -0.15) is 5.10 Å². The summed E-state index contributed by atoms with van der Waals surface area (Å²) in [5.74, 6) is 0.440. The van der Waals surface area contributed by atoms with Gasteiger partial charge in [-0.05, 0) is 30.7 Å². The Morgan fingerprint density at radius 2 is 1.88 bits per heavy atom. The lowest BCUT2D eigenvalue weighted by Crippen LogP contribution is -2.17. The molecule has 2 aromatic carbocycles. The van der Waals surface area contributed by atoms with Crippen LogP contribution in [0.1, 0.15) is 19.0 Å². The van der Waals surface area contributed by atoms with E-state index in [1.165, 1.54) is 0 Å². The Bertz CT molecular complexity index is 862. The molecular formula is C19H18ClN3O2. The predicted molar refractivity (Wildman–Crippen MR) is 98.7 cm³/mol. The second-order valence-corrected chi connectivity index (χ2v) is 5.85. The van der Waals surface area contributed by atoms with Gasteiger partial charge >= 0.3 is 6.09 Å². The number of amides is 1. The molecule has 128 valence electrons. The van der Waals surface area contributed by atoms with Crippen LogP contribution < -0.4 is 10.1 Å². The molecule has 25 heavy (non-hydrogen) atoms. The third-order valence-electron chi connectivity index (χ3n) is 3.63. The second kappa shape index (κ2) is 7.85. The lowest BCUT2D eigenvalue weighted by molar-refractivity contribution is 0.214. The zero-order valence-corrected chi connectivity index (χ0v) is 14.5. The fourth-order valence-electron chi connectivity index (χ4n) is 2.50. The van der Waals surface area contributed by atoms with Crippen molar-refractivity contribution in [1.82, 2.24) is 9.78 Å². The first-order valence-electron chi connectivity index (χ1n) is 8.04. The van der Waals surface area contributed by atoms with Gasteiger partial charge in [0.2, 0.25) is 0 Å². The zero-order chi connectivity index (χ0) is 17.6. The smallest absolute Gasteiger partial charge is 0.406 e. The number of carbonyl (C=O) groups excluding carboxylic acids is 1. The molecule has 1 heterocycles. The Kier molecular flexibility index (Phi) is 5.36. The number of nitrogens with one attached hydrogen (secondary N) is 1. The molecular weight excluding hydrogens is 338 g/mol. The number of para-hydroxylation sites is 2. The maximum Gasteiger partial charge on any atom is 0.417 e. The minimum Gasteiger partial charge on any atom is -0.406 e. The Morgan fingerprint density at radius 3 is 2.60 bits per heavy atom. The monoisotopic (exact) mass is 355 g/mol. The molecule has 0 bridgehead atoms. The van der Waals surface area contributed by atoms with Crippen molar-refractivity contribution < 1.29 is 9.53 Å². The number of rotatable bonds is 5. The normalized spacial score (nSPS) is 10.5. The molecule has 0 aliphatic rings. The molecule has 3 rings (SSSR count). The fourth-order valence-corrected chi connectivity index (χ4v) is 2.68. The van der Waals surface area contributed by atoms with Crippen LogP contribution in [-0.4, -0.2) is 15.9 Å². The first kappa shape index (κ1) is 17.0. The van der Waals surface area contributed by atoms with Gasteiger partial charge in [0.25, 0.3) is 0 Å². The summed E-state index contributed by atoms with van der Waals surface area (Å²) in [6.07, 6.45) is 2.60. The number of ether oxygens (including phenoxy) is 1.